The van der Waals surface area contributed by atoms with Crippen molar-refractivity contribution in [1.82, 2.24) is 9.97 Å². The maximum Gasteiger partial charge on any atom is 0.416 e. The third-order valence-electron chi connectivity index (χ3n) is 9.59. The van der Waals surface area contributed by atoms with E-state index < -0.39 is 53.4 Å². The van der Waals surface area contributed by atoms with Crippen LogP contribution in [0, 0.1) is 11.8 Å². The molecule has 0 saturated heterocycles. The molecule has 4 rings (SSSR count). The smallest absolute Gasteiger partial charge is 0.416 e. The highest BCUT2D eigenvalue weighted by atomic mass is 32.2. The molecule has 0 spiro atoms. The third-order valence-corrected chi connectivity index (χ3v) is 10.2. The van der Waals surface area contributed by atoms with Crippen molar-refractivity contribution in [1.29, 1.82) is 0 Å². The number of anilines is 2. The minimum absolute atomic E-state index is 0.0186. The molecule has 0 amide bonds. The van der Waals surface area contributed by atoms with E-state index in [4.69, 9.17) is 9.47 Å². The lowest BCUT2D eigenvalue weighted by atomic mass is 9.80. The van der Waals surface area contributed by atoms with E-state index in [0.29, 0.717) is 49.7 Å². The number of hydrogen-bond acceptors (Lipinski definition) is 8. The van der Waals surface area contributed by atoms with E-state index in [1.165, 1.54) is 49.2 Å². The number of halogens is 9. The first-order valence-corrected chi connectivity index (χ1v) is 18.7. The average Bonchev–Trinajstić information content (AvgIpc) is 3.12. The Morgan fingerprint density at radius 2 is 1.44 bits per heavy atom. The summed E-state index contributed by atoms with van der Waals surface area (Å²) >= 11 is 1.52. The second-order valence-corrected chi connectivity index (χ2v) is 14.2. The minimum atomic E-state index is -5.12. The van der Waals surface area contributed by atoms with Gasteiger partial charge in [-0.2, -0.15) is 51.3 Å². The third kappa shape index (κ3) is 11.6. The van der Waals surface area contributed by atoms with Gasteiger partial charge >= 0.3 is 24.5 Å². The van der Waals surface area contributed by atoms with E-state index in [-0.39, 0.29) is 41.1 Å². The van der Waals surface area contributed by atoms with Gasteiger partial charge in [0.1, 0.15) is 0 Å². The molecule has 1 aliphatic carbocycles. The lowest BCUT2D eigenvalue weighted by molar-refractivity contribution is -0.144. The quantitative estimate of drug-likeness (QED) is 0.0856. The number of carbonyl (C=O) groups excluding carboxylic acids is 1. The van der Waals surface area contributed by atoms with Gasteiger partial charge in [-0.25, -0.2) is 9.97 Å². The Labute approximate surface area is 312 Å². The molecule has 1 atom stereocenters. The number of esters is 1. The monoisotopic (exact) mass is 794 g/mol. The highest BCUT2D eigenvalue weighted by Crippen LogP contribution is 2.41. The Morgan fingerprint density at radius 3 is 1.96 bits per heavy atom. The lowest BCUT2D eigenvalue weighted by Gasteiger charge is -2.36. The highest BCUT2D eigenvalue weighted by molar-refractivity contribution is 7.98. The number of ether oxygens (including phenoxy) is 2. The number of methoxy groups -OCH3 is 1. The normalized spacial score (nSPS) is 17.2. The van der Waals surface area contributed by atoms with Crippen LogP contribution in [0.5, 0.6) is 5.75 Å². The fourth-order valence-corrected chi connectivity index (χ4v) is 6.83. The van der Waals surface area contributed by atoms with Crippen LogP contribution in [0.15, 0.2) is 48.8 Å². The van der Waals surface area contributed by atoms with E-state index in [2.05, 4.69) is 9.97 Å². The Hall–Kier alpha value is -3.89. The molecular weight excluding hydrogens is 751 g/mol. The number of aromatic nitrogens is 2. The van der Waals surface area contributed by atoms with Crippen LogP contribution in [0.1, 0.15) is 79.8 Å². The molecule has 0 bridgehead atoms. The summed E-state index contributed by atoms with van der Waals surface area (Å²) in [5.41, 5.74) is -3.91. The molecule has 1 aromatic heterocycles. The summed E-state index contributed by atoms with van der Waals surface area (Å²) in [5.74, 6) is 0.762. The molecule has 1 fully saturated rings. The summed E-state index contributed by atoms with van der Waals surface area (Å²) in [4.78, 5) is 23.6. The van der Waals surface area contributed by atoms with Crippen molar-refractivity contribution in [3.63, 3.8) is 0 Å². The van der Waals surface area contributed by atoms with Crippen LogP contribution >= 0.6 is 11.8 Å². The number of hydrogen-bond donors (Lipinski definition) is 0. The SMILES string of the molecule is CCN(CC1CCC(CC(=O)OC)CC1)c1ccc(C(F)(F)F)cc1CN(c1ncc(OCCSC)cn1)C(C)c1cc(C(F)(F)F)cc(C(F)(F)F)c1. The van der Waals surface area contributed by atoms with E-state index in [1.54, 1.807) is 0 Å². The molecule has 3 aromatic rings. The molecule has 1 unspecified atom stereocenters. The number of alkyl halides is 9. The van der Waals surface area contributed by atoms with Gasteiger partial charge in [0, 0.05) is 37.5 Å². The van der Waals surface area contributed by atoms with Gasteiger partial charge in [0.15, 0.2) is 5.75 Å². The van der Waals surface area contributed by atoms with Crippen molar-refractivity contribution in [3.05, 3.63) is 76.6 Å². The van der Waals surface area contributed by atoms with Crippen LogP contribution in [0.25, 0.3) is 0 Å². The topological polar surface area (TPSA) is 67.8 Å². The molecule has 298 valence electrons. The molecule has 0 radical (unpaired) electrons. The predicted molar refractivity (Wildman–Crippen MR) is 188 cm³/mol. The fraction of sp³-hybridized carbons (Fsp3) is 0.541. The molecule has 54 heavy (non-hydrogen) atoms. The zero-order valence-corrected chi connectivity index (χ0v) is 31.1. The van der Waals surface area contributed by atoms with Crippen molar-refractivity contribution >= 4 is 29.4 Å². The molecule has 1 aliphatic rings. The van der Waals surface area contributed by atoms with Gasteiger partial charge in [-0.05, 0) is 105 Å². The van der Waals surface area contributed by atoms with Gasteiger partial charge in [-0.15, -0.1) is 0 Å². The standard InChI is InChI=1S/C37H43F9N4O3S/c1-5-49(21-25-8-6-24(7-9-25)14-33(51)52-3)32-11-10-28(35(38,39)40)17-27(32)22-50(34-47-19-31(20-48-34)53-12-13-54-4)23(2)26-15-29(36(41,42)43)18-30(16-26)37(44,45)46/h10-11,15-20,23-25H,5-9,12-14,21-22H2,1-4H3. The number of nitrogens with zero attached hydrogens (tertiary/aromatic N) is 4. The first-order chi connectivity index (χ1) is 25.3. The van der Waals surface area contributed by atoms with Crippen molar-refractivity contribution in [2.45, 2.75) is 77.1 Å². The van der Waals surface area contributed by atoms with Crippen molar-refractivity contribution in [2.75, 3.05) is 48.6 Å². The first kappa shape index (κ1) is 42.8. The second kappa shape index (κ2) is 18.2. The number of thioether (sulfide) groups is 1. The predicted octanol–water partition coefficient (Wildman–Crippen LogP) is 10.2. The van der Waals surface area contributed by atoms with E-state index >= 15 is 0 Å². The average molecular weight is 795 g/mol. The Bertz CT molecular complexity index is 1650. The van der Waals surface area contributed by atoms with Gasteiger partial charge in [-0.3, -0.25) is 4.79 Å². The van der Waals surface area contributed by atoms with Crippen LogP contribution in [0.4, 0.5) is 51.1 Å². The first-order valence-electron chi connectivity index (χ1n) is 17.4. The van der Waals surface area contributed by atoms with Gasteiger partial charge in [0.05, 0.1) is 48.8 Å². The summed E-state index contributed by atoms with van der Waals surface area (Å²) in [6.45, 7) is 3.94. The summed E-state index contributed by atoms with van der Waals surface area (Å²) in [6.07, 6.45) is -7.16. The molecule has 17 heteroatoms. The molecule has 1 saturated carbocycles. The van der Waals surface area contributed by atoms with E-state index in [0.717, 1.165) is 37.8 Å². The molecule has 7 nitrogen and oxygen atoms in total. The Balaban J connectivity index is 1.78. The van der Waals surface area contributed by atoms with Crippen LogP contribution in [0.3, 0.4) is 0 Å². The molecule has 0 aliphatic heterocycles. The minimum Gasteiger partial charge on any atom is -0.489 e. The molecule has 0 N–H and O–H groups in total. The number of benzene rings is 2. The van der Waals surface area contributed by atoms with Crippen LogP contribution < -0.4 is 14.5 Å². The fourth-order valence-electron chi connectivity index (χ4n) is 6.58. The van der Waals surface area contributed by atoms with Crippen LogP contribution in [-0.2, 0) is 34.6 Å². The molecule has 1 heterocycles. The number of carbonyl (C=O) groups is 1. The van der Waals surface area contributed by atoms with Gasteiger partial charge in [-0.1, -0.05) is 0 Å². The van der Waals surface area contributed by atoms with Crippen molar-refractivity contribution < 1.29 is 53.8 Å². The number of rotatable bonds is 15. The van der Waals surface area contributed by atoms with Gasteiger partial charge < -0.3 is 19.3 Å². The molecule has 2 aromatic carbocycles. The van der Waals surface area contributed by atoms with Crippen molar-refractivity contribution in [2.24, 2.45) is 11.8 Å². The second-order valence-electron chi connectivity index (χ2n) is 13.3. The van der Waals surface area contributed by atoms with Gasteiger partial charge in [0.25, 0.3) is 0 Å². The highest BCUT2D eigenvalue weighted by Gasteiger charge is 2.38. The van der Waals surface area contributed by atoms with Crippen molar-refractivity contribution in [3.8, 4) is 5.75 Å². The summed E-state index contributed by atoms with van der Waals surface area (Å²) in [7, 11) is 1.33. The van der Waals surface area contributed by atoms with Crippen LogP contribution in [-0.4, -0.2) is 54.8 Å². The van der Waals surface area contributed by atoms with E-state index in [1.807, 2.05) is 18.1 Å². The maximum absolute atomic E-state index is 14.2. The maximum atomic E-state index is 14.2. The van der Waals surface area contributed by atoms with E-state index in [9.17, 15) is 44.3 Å². The largest absolute Gasteiger partial charge is 0.489 e. The lowest BCUT2D eigenvalue weighted by Crippen LogP contribution is -2.34. The summed E-state index contributed by atoms with van der Waals surface area (Å²) in [5, 5.41) is 0. The molecular formula is C37H43F9N4O3S. The van der Waals surface area contributed by atoms with Gasteiger partial charge in [0.2, 0.25) is 5.95 Å². The summed E-state index contributed by atoms with van der Waals surface area (Å²) in [6, 6.07) is 3.14. The van der Waals surface area contributed by atoms with Crippen LogP contribution in [0.2, 0.25) is 0 Å². The zero-order chi connectivity index (χ0) is 39.8. The Kier molecular flexibility index (Phi) is 14.4. The zero-order valence-electron chi connectivity index (χ0n) is 30.2. The summed E-state index contributed by atoms with van der Waals surface area (Å²) < 4.78 is 136. The Morgan fingerprint density at radius 1 is 0.870 bits per heavy atom.